The van der Waals surface area contributed by atoms with Crippen molar-refractivity contribution in [2.45, 2.75) is 19.5 Å². The highest BCUT2D eigenvalue weighted by molar-refractivity contribution is 5.78. The summed E-state index contributed by atoms with van der Waals surface area (Å²) < 4.78 is 10.8. The summed E-state index contributed by atoms with van der Waals surface area (Å²) in [5, 5.41) is 3.03. The van der Waals surface area contributed by atoms with Gasteiger partial charge in [-0.3, -0.25) is 9.69 Å². The van der Waals surface area contributed by atoms with Gasteiger partial charge in [0.1, 0.15) is 0 Å². The van der Waals surface area contributed by atoms with Gasteiger partial charge < -0.3 is 14.8 Å². The van der Waals surface area contributed by atoms with Crippen LogP contribution in [0.2, 0.25) is 0 Å². The van der Waals surface area contributed by atoms with Gasteiger partial charge in [0, 0.05) is 12.1 Å². The number of para-hydroxylation sites is 1. The molecule has 2 aromatic carbocycles. The van der Waals surface area contributed by atoms with Gasteiger partial charge >= 0.3 is 0 Å². The van der Waals surface area contributed by atoms with Crippen molar-refractivity contribution in [3.63, 3.8) is 0 Å². The summed E-state index contributed by atoms with van der Waals surface area (Å²) in [5.74, 6) is 1.38. The van der Waals surface area contributed by atoms with Crippen LogP contribution in [0.1, 0.15) is 24.1 Å². The minimum absolute atomic E-state index is 0.0132. The molecule has 0 radical (unpaired) electrons. The minimum Gasteiger partial charge on any atom is -0.493 e. The highest BCUT2D eigenvalue weighted by Crippen LogP contribution is 2.31. The Kier molecular flexibility index (Phi) is 6.83. The maximum Gasteiger partial charge on any atom is 0.234 e. The number of rotatable bonds is 8. The fourth-order valence-electron chi connectivity index (χ4n) is 2.78. The molecule has 1 atom stereocenters. The Balaban J connectivity index is 1.94. The summed E-state index contributed by atoms with van der Waals surface area (Å²) >= 11 is 0. The van der Waals surface area contributed by atoms with Gasteiger partial charge in [-0.2, -0.15) is 0 Å². The van der Waals surface area contributed by atoms with Gasteiger partial charge in [0.05, 0.1) is 26.8 Å². The normalized spacial score (nSPS) is 11.9. The van der Waals surface area contributed by atoms with Crippen LogP contribution in [0.15, 0.2) is 48.5 Å². The number of hydrogen-bond acceptors (Lipinski definition) is 4. The summed E-state index contributed by atoms with van der Waals surface area (Å²) in [4.78, 5) is 14.2. The maximum atomic E-state index is 12.3. The number of nitrogens with zero attached hydrogens (tertiary/aromatic N) is 1. The van der Waals surface area contributed by atoms with Gasteiger partial charge in [0.2, 0.25) is 5.91 Å². The molecule has 0 fully saturated rings. The second kappa shape index (κ2) is 9.08. The molecule has 0 aliphatic heterocycles. The molecule has 0 spiro atoms. The maximum absolute atomic E-state index is 12.3. The van der Waals surface area contributed by atoms with Gasteiger partial charge in [0.15, 0.2) is 11.5 Å². The van der Waals surface area contributed by atoms with Crippen LogP contribution < -0.4 is 14.8 Å². The smallest absolute Gasteiger partial charge is 0.234 e. The lowest BCUT2D eigenvalue weighted by Crippen LogP contribution is -2.36. The molecule has 0 heterocycles. The van der Waals surface area contributed by atoms with Gasteiger partial charge in [-0.05, 0) is 25.6 Å². The predicted molar refractivity (Wildman–Crippen MR) is 98.9 cm³/mol. The summed E-state index contributed by atoms with van der Waals surface area (Å²) in [6, 6.07) is 15.7. The number of amides is 1. The van der Waals surface area contributed by atoms with Gasteiger partial charge in [0.25, 0.3) is 0 Å². The van der Waals surface area contributed by atoms with Crippen LogP contribution in [-0.2, 0) is 11.3 Å². The van der Waals surface area contributed by atoms with Crippen LogP contribution in [0.25, 0.3) is 0 Å². The molecular weight excluding hydrogens is 316 g/mol. The standard InChI is InChI=1S/C20H26N2O3/c1-15(16-9-6-5-7-10-16)21-19(23)14-22(2)13-17-11-8-12-18(24-3)20(17)25-4/h5-12,15H,13-14H2,1-4H3,(H,21,23)/t15-/m1/s1. The Morgan fingerprint density at radius 2 is 1.80 bits per heavy atom. The molecule has 1 N–H and O–H groups in total. The van der Waals surface area contributed by atoms with E-state index in [1.54, 1.807) is 14.2 Å². The molecule has 0 saturated carbocycles. The number of likely N-dealkylation sites (N-methyl/N-ethyl adjacent to an activating group) is 1. The third-order valence-electron chi connectivity index (χ3n) is 4.02. The Labute approximate surface area is 149 Å². The molecule has 1 amide bonds. The number of benzene rings is 2. The highest BCUT2D eigenvalue weighted by atomic mass is 16.5. The molecule has 134 valence electrons. The SMILES string of the molecule is COc1cccc(CN(C)CC(=O)N[C@H](C)c2ccccc2)c1OC. The first-order valence-corrected chi connectivity index (χ1v) is 8.28. The molecule has 2 rings (SSSR count). The van der Waals surface area contributed by atoms with Gasteiger partial charge in [-0.1, -0.05) is 42.5 Å². The van der Waals surface area contributed by atoms with Gasteiger partial charge in [-0.25, -0.2) is 0 Å². The van der Waals surface area contributed by atoms with Crippen molar-refractivity contribution in [2.24, 2.45) is 0 Å². The molecule has 25 heavy (non-hydrogen) atoms. The highest BCUT2D eigenvalue weighted by Gasteiger charge is 2.15. The Hall–Kier alpha value is -2.53. The molecule has 0 saturated heterocycles. The third-order valence-corrected chi connectivity index (χ3v) is 4.02. The molecule has 0 unspecified atom stereocenters. The summed E-state index contributed by atoms with van der Waals surface area (Å²) in [6.45, 7) is 2.88. The first kappa shape index (κ1) is 18.8. The van der Waals surface area contributed by atoms with E-state index in [-0.39, 0.29) is 11.9 Å². The summed E-state index contributed by atoms with van der Waals surface area (Å²) in [5.41, 5.74) is 2.07. The second-order valence-electron chi connectivity index (χ2n) is 6.02. The number of carbonyl (C=O) groups excluding carboxylic acids is 1. The number of ether oxygens (including phenoxy) is 2. The number of methoxy groups -OCH3 is 2. The molecular formula is C20H26N2O3. The van der Waals surface area contributed by atoms with Crippen LogP contribution in [0.5, 0.6) is 11.5 Å². The summed E-state index contributed by atoms with van der Waals surface area (Å²) in [7, 11) is 5.14. The second-order valence-corrected chi connectivity index (χ2v) is 6.02. The fraction of sp³-hybridized carbons (Fsp3) is 0.350. The van der Waals surface area contributed by atoms with Crippen molar-refractivity contribution in [3.05, 3.63) is 59.7 Å². The monoisotopic (exact) mass is 342 g/mol. The molecule has 5 heteroatoms. The zero-order chi connectivity index (χ0) is 18.2. The van der Waals surface area contributed by atoms with Crippen LogP contribution in [0.4, 0.5) is 0 Å². The first-order valence-electron chi connectivity index (χ1n) is 8.28. The average Bonchev–Trinajstić information content (AvgIpc) is 2.61. The van der Waals surface area contributed by atoms with Crippen molar-refractivity contribution in [3.8, 4) is 11.5 Å². The van der Waals surface area contributed by atoms with E-state index >= 15 is 0 Å². The van der Waals surface area contributed by atoms with Crippen molar-refractivity contribution in [2.75, 3.05) is 27.8 Å². The van der Waals surface area contributed by atoms with Crippen LogP contribution in [0, 0.1) is 0 Å². The number of carbonyl (C=O) groups is 1. The molecule has 0 bridgehead atoms. The van der Waals surface area contributed by atoms with Crippen molar-refractivity contribution < 1.29 is 14.3 Å². The summed E-state index contributed by atoms with van der Waals surface area (Å²) in [6.07, 6.45) is 0. The fourth-order valence-corrected chi connectivity index (χ4v) is 2.78. The van der Waals surface area contributed by atoms with E-state index in [0.717, 1.165) is 11.1 Å². The first-order chi connectivity index (χ1) is 12.0. The van der Waals surface area contributed by atoms with E-state index in [4.69, 9.17) is 9.47 Å². The van der Waals surface area contributed by atoms with Crippen molar-refractivity contribution in [1.82, 2.24) is 10.2 Å². The quantitative estimate of drug-likeness (QED) is 0.801. The van der Waals surface area contributed by atoms with E-state index in [2.05, 4.69) is 5.32 Å². The van der Waals surface area contributed by atoms with Crippen LogP contribution >= 0.6 is 0 Å². The Morgan fingerprint density at radius 1 is 1.08 bits per heavy atom. The topological polar surface area (TPSA) is 50.8 Å². The number of nitrogens with one attached hydrogen (secondary N) is 1. The molecule has 5 nitrogen and oxygen atoms in total. The van der Waals surface area contributed by atoms with E-state index in [1.807, 2.05) is 67.4 Å². The molecule has 0 aliphatic rings. The van der Waals surface area contributed by atoms with Crippen molar-refractivity contribution in [1.29, 1.82) is 0 Å². The molecule has 2 aromatic rings. The van der Waals surface area contributed by atoms with E-state index in [0.29, 0.717) is 24.6 Å². The Morgan fingerprint density at radius 3 is 2.44 bits per heavy atom. The predicted octanol–water partition coefficient (Wildman–Crippen LogP) is 3.01. The van der Waals surface area contributed by atoms with E-state index in [1.165, 1.54) is 0 Å². The third kappa shape index (κ3) is 5.22. The Bertz CT molecular complexity index is 689. The van der Waals surface area contributed by atoms with E-state index < -0.39 is 0 Å². The lowest BCUT2D eigenvalue weighted by atomic mass is 10.1. The number of hydrogen-bond donors (Lipinski definition) is 1. The van der Waals surface area contributed by atoms with Gasteiger partial charge in [-0.15, -0.1) is 0 Å². The van der Waals surface area contributed by atoms with Crippen LogP contribution in [-0.4, -0.2) is 38.6 Å². The average molecular weight is 342 g/mol. The van der Waals surface area contributed by atoms with Crippen molar-refractivity contribution >= 4 is 5.91 Å². The largest absolute Gasteiger partial charge is 0.493 e. The lowest BCUT2D eigenvalue weighted by Gasteiger charge is -2.21. The van der Waals surface area contributed by atoms with Crippen LogP contribution in [0.3, 0.4) is 0 Å². The molecule has 0 aliphatic carbocycles. The minimum atomic E-state index is -0.0199. The zero-order valence-corrected chi connectivity index (χ0v) is 15.3. The zero-order valence-electron chi connectivity index (χ0n) is 15.3. The van der Waals surface area contributed by atoms with E-state index in [9.17, 15) is 4.79 Å². The molecule has 0 aromatic heterocycles. The lowest BCUT2D eigenvalue weighted by molar-refractivity contribution is -0.122.